The largest absolute Gasteiger partial charge is 0.472 e. The quantitative estimate of drug-likeness (QED) is 0.647. The van der Waals surface area contributed by atoms with Gasteiger partial charge < -0.3 is 15.6 Å². The first-order valence-electron chi connectivity index (χ1n) is 8.76. The number of halogens is 3. The Morgan fingerprint density at radius 1 is 1.07 bits per heavy atom. The SMILES string of the molecule is Cc1cc(-c2c(OC(C)CO)nc(N)nc2-c2ccc(F)cc2)cc(C(F)F)n1. The van der Waals surface area contributed by atoms with E-state index in [2.05, 4.69) is 15.0 Å². The van der Waals surface area contributed by atoms with Crippen molar-refractivity contribution in [2.45, 2.75) is 26.4 Å². The number of anilines is 1. The van der Waals surface area contributed by atoms with Crippen molar-refractivity contribution in [3.8, 4) is 28.3 Å². The standard InChI is InChI=1S/C20H19F3N4O2/c1-10-7-13(8-15(25-10)18(22)23)16-17(12-3-5-14(21)6-4-12)26-20(24)27-19(16)29-11(2)9-28/h3-8,11,18,28H,9H2,1-2H3,(H2,24,26,27). The molecular weight excluding hydrogens is 385 g/mol. The highest BCUT2D eigenvalue weighted by atomic mass is 19.3. The fourth-order valence-electron chi connectivity index (χ4n) is 2.80. The van der Waals surface area contributed by atoms with Crippen LogP contribution in [0.5, 0.6) is 5.88 Å². The fraction of sp³-hybridized carbons (Fsp3) is 0.250. The van der Waals surface area contributed by atoms with E-state index in [1.54, 1.807) is 19.9 Å². The number of aryl methyl sites for hydroxylation is 1. The Morgan fingerprint density at radius 3 is 2.38 bits per heavy atom. The van der Waals surface area contributed by atoms with Crippen LogP contribution in [0.4, 0.5) is 19.1 Å². The average Bonchev–Trinajstić information content (AvgIpc) is 2.67. The van der Waals surface area contributed by atoms with Crippen LogP contribution in [-0.2, 0) is 0 Å². The van der Waals surface area contributed by atoms with E-state index < -0.39 is 24.0 Å². The Labute approximate surface area is 165 Å². The number of alkyl halides is 2. The molecule has 0 fully saturated rings. The van der Waals surface area contributed by atoms with Crippen molar-refractivity contribution >= 4 is 5.95 Å². The first-order chi connectivity index (χ1) is 13.8. The van der Waals surface area contributed by atoms with Gasteiger partial charge in [0.05, 0.1) is 17.9 Å². The lowest BCUT2D eigenvalue weighted by Crippen LogP contribution is -2.18. The highest BCUT2D eigenvalue weighted by molar-refractivity contribution is 5.85. The van der Waals surface area contributed by atoms with Crippen LogP contribution < -0.4 is 10.5 Å². The maximum absolute atomic E-state index is 13.4. The van der Waals surface area contributed by atoms with E-state index in [4.69, 9.17) is 10.5 Å². The van der Waals surface area contributed by atoms with Gasteiger partial charge in [0.25, 0.3) is 6.43 Å². The molecule has 0 saturated carbocycles. The van der Waals surface area contributed by atoms with Crippen molar-refractivity contribution in [3.05, 3.63) is 53.6 Å². The number of nitrogens with two attached hydrogens (primary N) is 1. The second-order valence-electron chi connectivity index (χ2n) is 6.45. The van der Waals surface area contributed by atoms with Gasteiger partial charge in [-0.2, -0.15) is 4.98 Å². The van der Waals surface area contributed by atoms with Gasteiger partial charge >= 0.3 is 0 Å². The molecule has 9 heteroatoms. The Balaban J connectivity index is 2.31. The number of hydrogen-bond donors (Lipinski definition) is 2. The zero-order valence-corrected chi connectivity index (χ0v) is 15.7. The number of aromatic nitrogens is 3. The number of nitrogen functional groups attached to an aromatic ring is 1. The highest BCUT2D eigenvalue weighted by Crippen LogP contribution is 2.39. The predicted molar refractivity (Wildman–Crippen MR) is 102 cm³/mol. The van der Waals surface area contributed by atoms with Crippen LogP contribution in [0, 0.1) is 12.7 Å². The monoisotopic (exact) mass is 404 g/mol. The van der Waals surface area contributed by atoms with Gasteiger partial charge in [0.1, 0.15) is 17.6 Å². The Bertz CT molecular complexity index is 1010. The Hall–Kier alpha value is -3.20. The summed E-state index contributed by atoms with van der Waals surface area (Å²) >= 11 is 0. The van der Waals surface area contributed by atoms with Gasteiger partial charge in [0, 0.05) is 11.3 Å². The van der Waals surface area contributed by atoms with Gasteiger partial charge in [-0.25, -0.2) is 18.2 Å². The molecule has 2 aromatic heterocycles. The maximum Gasteiger partial charge on any atom is 0.280 e. The summed E-state index contributed by atoms with van der Waals surface area (Å²) in [4.78, 5) is 12.2. The molecule has 6 nitrogen and oxygen atoms in total. The van der Waals surface area contributed by atoms with Crippen molar-refractivity contribution < 1.29 is 23.0 Å². The van der Waals surface area contributed by atoms with Crippen LogP contribution in [0.25, 0.3) is 22.4 Å². The molecule has 29 heavy (non-hydrogen) atoms. The van der Waals surface area contributed by atoms with Crippen molar-refractivity contribution in [3.63, 3.8) is 0 Å². The molecule has 3 rings (SSSR count). The Kier molecular flexibility index (Phi) is 5.97. The molecule has 0 bridgehead atoms. The van der Waals surface area contributed by atoms with Crippen molar-refractivity contribution in [2.75, 3.05) is 12.3 Å². The van der Waals surface area contributed by atoms with E-state index in [1.807, 2.05) is 0 Å². The van der Waals surface area contributed by atoms with Crippen LogP contribution in [0.3, 0.4) is 0 Å². The summed E-state index contributed by atoms with van der Waals surface area (Å²) in [5.74, 6) is -0.542. The molecule has 1 aromatic carbocycles. The summed E-state index contributed by atoms with van der Waals surface area (Å²) in [6.07, 6.45) is -3.42. The molecule has 3 N–H and O–H groups in total. The molecule has 0 aliphatic carbocycles. The molecule has 1 atom stereocenters. The molecular formula is C20H19F3N4O2. The summed E-state index contributed by atoms with van der Waals surface area (Å²) in [5.41, 5.74) is 7.18. The summed E-state index contributed by atoms with van der Waals surface area (Å²) in [6.45, 7) is 2.90. The van der Waals surface area contributed by atoms with Crippen LogP contribution in [-0.4, -0.2) is 32.8 Å². The minimum atomic E-state index is -2.78. The molecule has 0 aliphatic heterocycles. The number of aliphatic hydroxyl groups is 1. The number of benzene rings is 1. The van der Waals surface area contributed by atoms with Crippen LogP contribution in [0.15, 0.2) is 36.4 Å². The average molecular weight is 404 g/mol. The first kappa shape index (κ1) is 20.5. The van der Waals surface area contributed by atoms with Gasteiger partial charge in [-0.15, -0.1) is 0 Å². The summed E-state index contributed by atoms with van der Waals surface area (Å²) < 4.78 is 45.7. The molecule has 0 amide bonds. The lowest BCUT2D eigenvalue weighted by atomic mass is 9.99. The van der Waals surface area contributed by atoms with Crippen molar-refractivity contribution in [1.29, 1.82) is 0 Å². The first-order valence-corrected chi connectivity index (χ1v) is 8.76. The molecule has 0 radical (unpaired) electrons. The molecule has 152 valence electrons. The molecule has 0 saturated heterocycles. The number of aliphatic hydroxyl groups excluding tert-OH is 1. The van der Waals surface area contributed by atoms with E-state index in [0.29, 0.717) is 22.4 Å². The molecule has 2 heterocycles. The van der Waals surface area contributed by atoms with Gasteiger partial charge in [0.2, 0.25) is 11.8 Å². The van der Waals surface area contributed by atoms with E-state index in [9.17, 15) is 18.3 Å². The summed E-state index contributed by atoms with van der Waals surface area (Å²) in [7, 11) is 0. The third-order valence-electron chi connectivity index (χ3n) is 4.07. The molecule has 0 aliphatic rings. The number of pyridine rings is 1. The van der Waals surface area contributed by atoms with E-state index in [1.165, 1.54) is 30.3 Å². The number of ether oxygens (including phenoxy) is 1. The van der Waals surface area contributed by atoms with Gasteiger partial charge in [-0.05, 0) is 55.8 Å². The van der Waals surface area contributed by atoms with E-state index in [0.717, 1.165) is 0 Å². The lowest BCUT2D eigenvalue weighted by Gasteiger charge is -2.18. The van der Waals surface area contributed by atoms with E-state index >= 15 is 0 Å². The normalized spacial score (nSPS) is 12.2. The summed E-state index contributed by atoms with van der Waals surface area (Å²) in [5, 5.41) is 9.35. The number of rotatable bonds is 6. The number of hydrogen-bond acceptors (Lipinski definition) is 6. The smallest absolute Gasteiger partial charge is 0.280 e. The Morgan fingerprint density at radius 2 is 1.76 bits per heavy atom. The fourth-order valence-corrected chi connectivity index (χ4v) is 2.80. The van der Waals surface area contributed by atoms with Gasteiger partial charge in [-0.1, -0.05) is 0 Å². The lowest BCUT2D eigenvalue weighted by molar-refractivity contribution is 0.126. The van der Waals surface area contributed by atoms with E-state index in [-0.39, 0.29) is 24.1 Å². The van der Waals surface area contributed by atoms with Crippen LogP contribution in [0.1, 0.15) is 24.7 Å². The third kappa shape index (κ3) is 4.62. The minimum Gasteiger partial charge on any atom is -0.472 e. The van der Waals surface area contributed by atoms with Gasteiger partial charge in [-0.3, -0.25) is 4.98 Å². The zero-order chi connectivity index (χ0) is 21.1. The third-order valence-corrected chi connectivity index (χ3v) is 4.07. The van der Waals surface area contributed by atoms with Crippen molar-refractivity contribution in [1.82, 2.24) is 15.0 Å². The molecule has 0 spiro atoms. The zero-order valence-electron chi connectivity index (χ0n) is 15.7. The van der Waals surface area contributed by atoms with Crippen molar-refractivity contribution in [2.24, 2.45) is 0 Å². The second-order valence-corrected chi connectivity index (χ2v) is 6.45. The topological polar surface area (TPSA) is 94.2 Å². The highest BCUT2D eigenvalue weighted by Gasteiger charge is 2.22. The van der Waals surface area contributed by atoms with Crippen LogP contribution >= 0.6 is 0 Å². The molecule has 3 aromatic rings. The second kappa shape index (κ2) is 8.44. The minimum absolute atomic E-state index is 0.0178. The number of nitrogens with zero attached hydrogens (tertiary/aromatic N) is 3. The summed E-state index contributed by atoms with van der Waals surface area (Å²) in [6, 6.07) is 8.28. The van der Waals surface area contributed by atoms with Gasteiger partial charge in [0.15, 0.2) is 0 Å². The molecule has 1 unspecified atom stereocenters. The van der Waals surface area contributed by atoms with Crippen LogP contribution in [0.2, 0.25) is 0 Å². The predicted octanol–water partition coefficient (Wildman–Crippen LogP) is 3.93. The maximum atomic E-state index is 13.4.